The summed E-state index contributed by atoms with van der Waals surface area (Å²) in [6, 6.07) is 67.1. The zero-order valence-corrected chi connectivity index (χ0v) is 58.0. The number of aryl methyl sites for hydroxylation is 4. The van der Waals surface area contributed by atoms with Crippen LogP contribution in [-0.2, 0) is 25.7 Å². The third-order valence-electron chi connectivity index (χ3n) is 24.4. The average molecular weight is 1320 g/mol. The van der Waals surface area contributed by atoms with E-state index in [1.54, 1.807) is 9.80 Å². The molecule has 2 heterocycles. The van der Waals surface area contributed by atoms with Gasteiger partial charge < -0.3 is 9.80 Å². The number of nitrogens with zero attached hydrogens (tertiary/aromatic N) is 4. The van der Waals surface area contributed by atoms with Gasteiger partial charge >= 0.3 is 0 Å². The zero-order chi connectivity index (χ0) is 67.2. The van der Waals surface area contributed by atoms with Gasteiger partial charge in [0.05, 0.1) is 33.9 Å². The van der Waals surface area contributed by atoms with E-state index in [4.69, 9.17) is 0 Å². The van der Waals surface area contributed by atoms with Crippen LogP contribution < -0.4 is 19.6 Å². The maximum Gasteiger partial charge on any atom is 0.266 e. The Morgan fingerprint density at radius 1 is 0.270 bits per heavy atom. The molecule has 8 heteroatoms. The van der Waals surface area contributed by atoms with E-state index in [2.05, 4.69) is 168 Å². The highest BCUT2D eigenvalue weighted by Crippen LogP contribution is 2.56. The van der Waals surface area contributed by atoms with Crippen LogP contribution >= 0.6 is 0 Å². The Morgan fingerprint density at radius 2 is 0.540 bits per heavy atom. The van der Waals surface area contributed by atoms with E-state index in [1.165, 1.54) is 128 Å². The Bertz CT molecular complexity index is 4400. The van der Waals surface area contributed by atoms with E-state index >= 15 is 19.2 Å². The topological polar surface area (TPSA) is 81.2 Å². The lowest BCUT2D eigenvalue weighted by molar-refractivity contribution is 0.0877. The van der Waals surface area contributed by atoms with Crippen molar-refractivity contribution >= 4 is 112 Å². The lowest BCUT2D eigenvalue weighted by atomic mass is 9.79. The Kier molecular flexibility index (Phi) is 17.9. The highest BCUT2D eigenvalue weighted by atomic mass is 16.2. The molecule has 100 heavy (non-hydrogen) atoms. The molecule has 0 N–H and O–H groups in total. The second-order valence-corrected chi connectivity index (χ2v) is 30.4. The van der Waals surface area contributed by atoms with Crippen LogP contribution in [-0.4, -0.2) is 23.6 Å². The van der Waals surface area contributed by atoms with Crippen LogP contribution in [0.5, 0.6) is 0 Å². The van der Waals surface area contributed by atoms with Crippen molar-refractivity contribution < 1.29 is 19.2 Å². The molecule has 4 fully saturated rings. The number of imide groups is 2. The van der Waals surface area contributed by atoms with E-state index in [9.17, 15) is 0 Å². The van der Waals surface area contributed by atoms with Crippen LogP contribution in [0.25, 0.3) is 43.1 Å². The molecule has 4 saturated carbocycles. The van der Waals surface area contributed by atoms with Crippen LogP contribution in [0.1, 0.15) is 218 Å². The smallest absolute Gasteiger partial charge is 0.266 e. The maximum absolute atomic E-state index is 16.9. The first-order valence-electron chi connectivity index (χ1n) is 38.4. The van der Waals surface area contributed by atoms with E-state index in [-0.39, 0.29) is 23.6 Å². The molecule has 0 saturated heterocycles. The van der Waals surface area contributed by atoms with Crippen molar-refractivity contribution in [1.29, 1.82) is 0 Å². The molecule has 2 aliphatic heterocycles. The van der Waals surface area contributed by atoms with Crippen LogP contribution in [0, 0.1) is 23.7 Å². The van der Waals surface area contributed by atoms with Crippen LogP contribution in [0.2, 0.25) is 0 Å². The van der Waals surface area contributed by atoms with Crippen molar-refractivity contribution in [2.75, 3.05) is 19.6 Å². The SMILES string of the molecule is O=C1c2ccc3c4c(N(c5ccccc5)c5ccccc5)cc5c6c(ccc(c7c(N(c8ccccc8)c8ccccc8)cc(c2c37)C(=O)N1c1c(CCC2CCCCC2)cccc1CCC1CCCCC1)c64)C(=O)N(c1c(CCC2CCCCC2)cccc1CCC1CCCCC1)C5=O. The molecule has 8 nitrogen and oxygen atoms in total. The standard InChI is InChI=1S/C92H92N4O4/c97-89-75-57-55-73-84-80(94(71-43-21-7-22-44-71)72-45-23-8-24-46-72)60-78-82-76(90(98)96(92(78)100)88-67(53-49-63-31-13-3-14-32-63)37-26-38-68(88)54-50-64-33-15-4-16-34-64)58-56-74(86(82)84)83-79(93(69-39-17-5-18-40-69)70-41-19-6-20-42-70)59-77(81(75)85(73)83)91(99)95(89)87-65(51-47-61-27-9-1-10-28-61)35-25-36-66(87)52-48-62-29-11-2-12-30-62/h5-8,17-26,35-46,55-64H,1-4,9-16,27-34,47-54H2. The summed E-state index contributed by atoms with van der Waals surface area (Å²) in [6.07, 6.45) is 32.2. The van der Waals surface area contributed by atoms with Crippen molar-refractivity contribution in [1.82, 2.24) is 0 Å². The van der Waals surface area contributed by atoms with Gasteiger partial charge in [-0.3, -0.25) is 19.2 Å². The van der Waals surface area contributed by atoms with Gasteiger partial charge in [0.15, 0.2) is 0 Å². The molecule has 0 atom stereocenters. The van der Waals surface area contributed by atoms with Gasteiger partial charge in [-0.25, -0.2) is 9.80 Å². The van der Waals surface area contributed by atoms with Gasteiger partial charge in [-0.1, -0.05) is 250 Å². The van der Waals surface area contributed by atoms with Gasteiger partial charge in [0.2, 0.25) is 0 Å². The summed E-state index contributed by atoms with van der Waals surface area (Å²) in [5.74, 6) is 1.17. The molecule has 11 aromatic carbocycles. The fourth-order valence-corrected chi connectivity index (χ4v) is 19.4. The maximum atomic E-state index is 16.9. The Hall–Kier alpha value is -9.40. The normalized spacial score (nSPS) is 17.4. The molecule has 11 aromatic rings. The number of para-hydroxylation sites is 6. The van der Waals surface area contributed by atoms with Gasteiger partial charge in [-0.2, -0.15) is 0 Å². The number of carbonyl (C=O) groups excluding carboxylic acids is 4. The van der Waals surface area contributed by atoms with Gasteiger partial charge in [-0.05, 0) is 181 Å². The van der Waals surface area contributed by atoms with Crippen LogP contribution in [0.4, 0.5) is 45.5 Å². The molecular formula is C92H92N4O4. The number of anilines is 8. The van der Waals surface area contributed by atoms with E-state index in [0.717, 1.165) is 151 Å². The van der Waals surface area contributed by atoms with Gasteiger partial charge in [0.1, 0.15) is 0 Å². The third-order valence-corrected chi connectivity index (χ3v) is 24.4. The fraction of sp³-hybridized carbons (Fsp3) is 0.348. The van der Waals surface area contributed by atoms with Crippen LogP contribution in [0.15, 0.2) is 194 Å². The molecule has 6 aliphatic rings. The minimum Gasteiger partial charge on any atom is -0.310 e. The summed E-state index contributed by atoms with van der Waals surface area (Å²) in [7, 11) is 0. The first-order valence-corrected chi connectivity index (χ1v) is 38.4. The Balaban J connectivity index is 0.934. The van der Waals surface area contributed by atoms with E-state index < -0.39 is 0 Å². The Morgan fingerprint density at radius 3 is 0.820 bits per heavy atom. The van der Waals surface area contributed by atoms with Crippen molar-refractivity contribution in [3.8, 4) is 0 Å². The first kappa shape index (κ1) is 64.0. The predicted molar refractivity (Wildman–Crippen MR) is 412 cm³/mol. The fourth-order valence-electron chi connectivity index (χ4n) is 19.4. The number of benzene rings is 11. The molecule has 0 bridgehead atoms. The summed E-state index contributed by atoms with van der Waals surface area (Å²) in [5.41, 5.74) is 12.8. The minimum absolute atomic E-state index is 0.311. The molecule has 0 spiro atoms. The molecule has 17 rings (SSSR count). The first-order chi connectivity index (χ1) is 49.3. The average Bonchev–Trinajstić information content (AvgIpc) is 0.676. The van der Waals surface area contributed by atoms with E-state index in [1.807, 2.05) is 36.4 Å². The Labute approximate surface area is 589 Å². The summed E-state index contributed by atoms with van der Waals surface area (Å²) in [4.78, 5) is 74.7. The summed E-state index contributed by atoms with van der Waals surface area (Å²) < 4.78 is 0. The highest BCUT2D eigenvalue weighted by molar-refractivity contribution is 6.48. The van der Waals surface area contributed by atoms with E-state index in [0.29, 0.717) is 56.7 Å². The second-order valence-electron chi connectivity index (χ2n) is 30.4. The number of rotatable bonds is 20. The monoisotopic (exact) mass is 1320 g/mol. The predicted octanol–water partition coefficient (Wildman–Crippen LogP) is 24.3. The highest BCUT2D eigenvalue weighted by Gasteiger charge is 2.43. The van der Waals surface area contributed by atoms with Gasteiger partial charge in [0.25, 0.3) is 23.6 Å². The molecule has 0 aromatic heterocycles. The zero-order valence-electron chi connectivity index (χ0n) is 58.0. The molecule has 4 amide bonds. The quantitative estimate of drug-likeness (QED) is 0.0430. The van der Waals surface area contributed by atoms with Crippen molar-refractivity contribution in [3.05, 3.63) is 239 Å². The summed E-state index contributed by atoms with van der Waals surface area (Å²) in [5, 5.41) is 6.09. The summed E-state index contributed by atoms with van der Waals surface area (Å²) in [6.45, 7) is 0. The number of hydrogen-bond acceptors (Lipinski definition) is 6. The van der Waals surface area contributed by atoms with Crippen molar-refractivity contribution in [2.45, 2.75) is 180 Å². The third kappa shape index (κ3) is 11.7. The van der Waals surface area contributed by atoms with Crippen molar-refractivity contribution in [2.24, 2.45) is 23.7 Å². The number of hydrogen-bond donors (Lipinski definition) is 0. The number of amides is 4. The number of fused-ring (bicyclic) bond motifs is 2. The molecule has 504 valence electrons. The number of carbonyl (C=O) groups is 4. The lowest BCUT2D eigenvalue weighted by Gasteiger charge is -2.36. The molecule has 0 unspecified atom stereocenters. The lowest BCUT2D eigenvalue weighted by Crippen LogP contribution is -2.42. The van der Waals surface area contributed by atoms with Gasteiger partial charge in [0, 0.05) is 66.2 Å². The molecule has 4 aliphatic carbocycles. The van der Waals surface area contributed by atoms with Gasteiger partial charge in [-0.15, -0.1) is 0 Å². The van der Waals surface area contributed by atoms with Crippen molar-refractivity contribution in [3.63, 3.8) is 0 Å². The van der Waals surface area contributed by atoms with Crippen LogP contribution in [0.3, 0.4) is 0 Å². The molecular weight excluding hydrogens is 1230 g/mol. The summed E-state index contributed by atoms with van der Waals surface area (Å²) >= 11 is 0. The second kappa shape index (κ2) is 28.0. The largest absolute Gasteiger partial charge is 0.310 e. The molecule has 0 radical (unpaired) electrons. The minimum atomic E-state index is -0.326.